The maximum atomic E-state index is 13.9. The number of benzene rings is 3. The van der Waals surface area contributed by atoms with Crippen molar-refractivity contribution in [3.05, 3.63) is 102 Å². The smallest absolute Gasteiger partial charge is 0.408 e. The quantitative estimate of drug-likeness (QED) is 0.215. The van der Waals surface area contributed by atoms with Crippen LogP contribution in [0.2, 0.25) is 0 Å². The lowest BCUT2D eigenvalue weighted by molar-refractivity contribution is -0.148. The van der Waals surface area contributed by atoms with E-state index >= 15 is 0 Å². The number of hydrogen-bond acceptors (Lipinski definition) is 7. The third-order valence-corrected chi connectivity index (χ3v) is 7.32. The van der Waals surface area contributed by atoms with E-state index in [2.05, 4.69) is 10.6 Å². The molecule has 4 aromatic rings. The van der Waals surface area contributed by atoms with Crippen LogP contribution in [0.3, 0.4) is 0 Å². The zero-order valence-electron chi connectivity index (χ0n) is 26.4. The number of rotatable bonds is 9. The molecule has 1 aliphatic rings. The Balaban J connectivity index is 1.38. The molecule has 1 aromatic heterocycles. The molecule has 0 fully saturated rings. The Labute approximate surface area is 267 Å². The Morgan fingerprint density at radius 3 is 2.33 bits per heavy atom. The van der Waals surface area contributed by atoms with Crippen molar-refractivity contribution in [3.8, 4) is 11.3 Å². The zero-order valence-corrected chi connectivity index (χ0v) is 26.4. The van der Waals surface area contributed by atoms with Crippen molar-refractivity contribution in [1.82, 2.24) is 19.8 Å². The summed E-state index contributed by atoms with van der Waals surface area (Å²) in [4.78, 5) is 45.9. The number of ether oxygens (including phenoxy) is 2. The molecule has 46 heavy (non-hydrogen) atoms. The van der Waals surface area contributed by atoms with Crippen LogP contribution in [-0.2, 0) is 38.8 Å². The van der Waals surface area contributed by atoms with Crippen LogP contribution < -0.4 is 10.6 Å². The van der Waals surface area contributed by atoms with E-state index in [1.807, 2.05) is 66.1 Å². The lowest BCUT2D eigenvalue weighted by atomic mass is 10.1. The summed E-state index contributed by atoms with van der Waals surface area (Å²) in [7, 11) is 0. The number of fused-ring (bicyclic) bond motifs is 1. The molecule has 11 heteroatoms. The van der Waals surface area contributed by atoms with Gasteiger partial charge in [0.2, 0.25) is 5.91 Å². The van der Waals surface area contributed by atoms with E-state index in [-0.39, 0.29) is 25.4 Å². The van der Waals surface area contributed by atoms with Gasteiger partial charge in [-0.2, -0.15) is 0 Å². The second kappa shape index (κ2) is 13.8. The van der Waals surface area contributed by atoms with E-state index in [4.69, 9.17) is 14.5 Å². The van der Waals surface area contributed by atoms with Gasteiger partial charge in [-0.25, -0.2) is 14.2 Å². The van der Waals surface area contributed by atoms with Gasteiger partial charge in [-0.15, -0.1) is 0 Å². The number of aryl methyl sites for hydroxylation is 1. The lowest BCUT2D eigenvalue weighted by Gasteiger charge is -2.32. The average Bonchev–Trinajstić information content (AvgIpc) is 3.37. The average molecular weight is 628 g/mol. The number of alkyl carbamates (subject to hydrolysis) is 1. The van der Waals surface area contributed by atoms with Gasteiger partial charge in [0.15, 0.2) is 0 Å². The van der Waals surface area contributed by atoms with E-state index in [0.717, 1.165) is 16.8 Å². The van der Waals surface area contributed by atoms with Gasteiger partial charge in [0.25, 0.3) is 0 Å². The molecule has 0 radical (unpaired) electrons. The number of hydrogen-bond donors (Lipinski definition) is 2. The Morgan fingerprint density at radius 2 is 1.65 bits per heavy atom. The fourth-order valence-electron chi connectivity index (χ4n) is 5.06. The normalized spacial score (nSPS) is 13.4. The minimum atomic E-state index is -1.22. The summed E-state index contributed by atoms with van der Waals surface area (Å²) in [6.07, 6.45) is -1.19. The molecule has 5 rings (SSSR count). The van der Waals surface area contributed by atoms with Gasteiger partial charge in [-0.3, -0.25) is 9.59 Å². The number of aromatic nitrogens is 2. The molecule has 3 aromatic carbocycles. The highest BCUT2D eigenvalue weighted by Gasteiger charge is 2.34. The molecule has 1 unspecified atom stereocenters. The summed E-state index contributed by atoms with van der Waals surface area (Å²) in [5, 5.41) is 6.04. The zero-order chi connectivity index (χ0) is 32.8. The van der Waals surface area contributed by atoms with Gasteiger partial charge in [0.05, 0.1) is 13.0 Å². The van der Waals surface area contributed by atoms with E-state index in [0.29, 0.717) is 36.0 Å². The number of anilines is 2. The van der Waals surface area contributed by atoms with E-state index in [1.165, 1.54) is 12.1 Å². The number of carbonyl (C=O) groups is 3. The Bertz CT molecular complexity index is 1680. The predicted molar refractivity (Wildman–Crippen MR) is 172 cm³/mol. The topological polar surface area (TPSA) is 115 Å². The molecule has 2 heterocycles. The monoisotopic (exact) mass is 627 g/mol. The molecule has 0 aliphatic carbocycles. The Morgan fingerprint density at radius 1 is 0.957 bits per heavy atom. The fourth-order valence-corrected chi connectivity index (χ4v) is 5.06. The third kappa shape index (κ3) is 8.29. The molecule has 10 nitrogen and oxygen atoms in total. The fraction of sp³-hybridized carbons (Fsp3) is 0.314. The molecular formula is C35H38FN5O5. The number of nitrogens with zero attached hydrogens (tertiary/aromatic N) is 3. The first-order chi connectivity index (χ1) is 21.9. The Hall–Kier alpha value is -5.19. The van der Waals surface area contributed by atoms with Crippen molar-refractivity contribution in [2.45, 2.75) is 65.5 Å². The van der Waals surface area contributed by atoms with Crippen molar-refractivity contribution < 1.29 is 28.2 Å². The summed E-state index contributed by atoms with van der Waals surface area (Å²) < 4.78 is 26.6. The minimum absolute atomic E-state index is 0.0388. The van der Waals surface area contributed by atoms with Crippen molar-refractivity contribution >= 4 is 29.5 Å². The van der Waals surface area contributed by atoms with Crippen LogP contribution in [0.4, 0.5) is 20.7 Å². The first kappa shape index (κ1) is 32.2. The highest BCUT2D eigenvalue weighted by atomic mass is 19.1. The van der Waals surface area contributed by atoms with Crippen molar-refractivity contribution in [1.29, 1.82) is 0 Å². The maximum Gasteiger partial charge on any atom is 0.408 e. The van der Waals surface area contributed by atoms with Crippen LogP contribution in [0.1, 0.15) is 44.1 Å². The van der Waals surface area contributed by atoms with Crippen LogP contribution in [0.25, 0.3) is 11.3 Å². The van der Waals surface area contributed by atoms with E-state index in [9.17, 15) is 18.8 Å². The molecule has 0 spiro atoms. The van der Waals surface area contributed by atoms with Crippen LogP contribution in [0, 0.1) is 12.7 Å². The molecule has 0 saturated heterocycles. The number of nitrogens with one attached hydrogen (secondary N) is 2. The summed E-state index contributed by atoms with van der Waals surface area (Å²) in [6.45, 7) is 7.98. The molecular weight excluding hydrogens is 589 g/mol. The minimum Gasteiger partial charge on any atom is -0.461 e. The summed E-state index contributed by atoms with van der Waals surface area (Å²) in [5.41, 5.74) is 3.28. The van der Waals surface area contributed by atoms with Gasteiger partial charge < -0.3 is 29.6 Å². The molecule has 0 saturated carbocycles. The van der Waals surface area contributed by atoms with Gasteiger partial charge >= 0.3 is 12.1 Å². The van der Waals surface area contributed by atoms with Gasteiger partial charge in [-0.1, -0.05) is 48.0 Å². The Kier molecular flexibility index (Phi) is 9.69. The third-order valence-electron chi connectivity index (χ3n) is 7.32. The summed E-state index contributed by atoms with van der Waals surface area (Å²) in [5.74, 6) is -0.154. The van der Waals surface area contributed by atoms with Gasteiger partial charge in [0.1, 0.15) is 41.4 Å². The molecule has 1 atom stereocenters. The second-order valence-corrected chi connectivity index (χ2v) is 12.2. The lowest BCUT2D eigenvalue weighted by Crippen LogP contribution is -2.52. The summed E-state index contributed by atoms with van der Waals surface area (Å²) in [6, 6.07) is 22.0. The largest absolute Gasteiger partial charge is 0.461 e. The van der Waals surface area contributed by atoms with Crippen LogP contribution in [-0.4, -0.2) is 50.6 Å². The second-order valence-electron chi connectivity index (χ2n) is 12.2. The van der Waals surface area contributed by atoms with Gasteiger partial charge in [-0.05, 0) is 69.7 Å². The van der Waals surface area contributed by atoms with Crippen molar-refractivity contribution in [3.63, 3.8) is 0 Å². The summed E-state index contributed by atoms with van der Waals surface area (Å²) >= 11 is 0. The first-order valence-corrected chi connectivity index (χ1v) is 15.1. The SMILES string of the molecule is Cc1ccc(Nc2c(-c3ccc(F)cc3)nc3n2CCN(C(=O)C(CC(=O)OCc2ccccc2)NC(=O)OC(C)(C)C)C3)cc1. The van der Waals surface area contributed by atoms with Gasteiger partial charge in [0, 0.05) is 24.3 Å². The van der Waals surface area contributed by atoms with Crippen LogP contribution >= 0.6 is 0 Å². The van der Waals surface area contributed by atoms with E-state index < -0.39 is 29.6 Å². The number of halogens is 1. The van der Waals surface area contributed by atoms with Crippen LogP contribution in [0.5, 0.6) is 0 Å². The number of amides is 2. The standard InChI is InChI=1S/C35H38FN5O5/c1-23-10-16-27(17-11-23)37-32-31(25-12-14-26(36)15-13-25)39-29-21-40(18-19-41(29)32)33(43)28(38-34(44)46-35(2,3)4)20-30(42)45-22-24-8-6-5-7-9-24/h5-17,28,37H,18-22H2,1-4H3,(H,38,44). The van der Waals surface area contributed by atoms with Crippen molar-refractivity contribution in [2.75, 3.05) is 11.9 Å². The van der Waals surface area contributed by atoms with Crippen LogP contribution in [0.15, 0.2) is 78.9 Å². The molecule has 2 amide bonds. The predicted octanol–water partition coefficient (Wildman–Crippen LogP) is 6.11. The number of esters is 1. The van der Waals surface area contributed by atoms with Crippen molar-refractivity contribution in [2.24, 2.45) is 0 Å². The number of carbonyl (C=O) groups excluding carboxylic acids is 3. The molecule has 2 N–H and O–H groups in total. The molecule has 1 aliphatic heterocycles. The maximum absolute atomic E-state index is 13.9. The highest BCUT2D eigenvalue weighted by molar-refractivity contribution is 5.90. The molecule has 0 bridgehead atoms. The molecule has 240 valence electrons. The first-order valence-electron chi connectivity index (χ1n) is 15.1. The number of imidazole rings is 1. The van der Waals surface area contributed by atoms with E-state index in [1.54, 1.807) is 37.8 Å². The highest BCUT2D eigenvalue weighted by Crippen LogP contribution is 2.33.